The Hall–Kier alpha value is -0.980. The molecule has 1 aromatic rings. The molecule has 1 N–H and O–H groups in total. The maximum Gasteiger partial charge on any atom is 0.252 e. The van der Waals surface area contributed by atoms with Crippen LogP contribution in [-0.4, -0.2) is 35.9 Å². The van der Waals surface area contributed by atoms with E-state index in [0.29, 0.717) is 31.0 Å². The monoisotopic (exact) mass is 295 g/mol. The summed E-state index contributed by atoms with van der Waals surface area (Å²) in [5, 5.41) is 7.47. The summed E-state index contributed by atoms with van der Waals surface area (Å²) in [6.45, 7) is 5.14. The average molecular weight is 295 g/mol. The third-order valence-electron chi connectivity index (χ3n) is 4.44. The van der Waals surface area contributed by atoms with Gasteiger partial charge in [0.15, 0.2) is 0 Å². The Morgan fingerprint density at radius 2 is 2.05 bits per heavy atom. The second-order valence-corrected chi connectivity index (χ2v) is 5.91. The third-order valence-corrected chi connectivity index (χ3v) is 4.44. The van der Waals surface area contributed by atoms with Gasteiger partial charge in [-0.1, -0.05) is 5.16 Å². The molecule has 0 unspecified atom stereocenters. The Balaban J connectivity index is 1.59. The van der Waals surface area contributed by atoms with Crippen LogP contribution in [0.1, 0.15) is 57.2 Å². The zero-order valence-electron chi connectivity index (χ0n) is 12.8. The first kappa shape index (κ1) is 14.9. The Morgan fingerprint density at radius 3 is 2.76 bits per heavy atom. The van der Waals surface area contributed by atoms with Crippen LogP contribution in [0.4, 0.5) is 0 Å². The van der Waals surface area contributed by atoms with Crippen molar-refractivity contribution in [3.8, 4) is 0 Å². The molecule has 0 radical (unpaired) electrons. The molecule has 2 aliphatic rings. The second kappa shape index (κ2) is 6.85. The van der Waals surface area contributed by atoms with Gasteiger partial charge in [0.1, 0.15) is 12.2 Å². The zero-order valence-corrected chi connectivity index (χ0v) is 12.8. The lowest BCUT2D eigenvalue weighted by molar-refractivity contribution is -0.0469. The highest BCUT2D eigenvalue weighted by molar-refractivity contribution is 5.04. The lowest BCUT2D eigenvalue weighted by Crippen LogP contribution is -2.32. The summed E-state index contributed by atoms with van der Waals surface area (Å²) >= 11 is 0. The number of piperidine rings is 1. The molecular weight excluding hydrogens is 270 g/mol. The predicted molar refractivity (Wildman–Crippen MR) is 76.8 cm³/mol. The molecule has 0 aromatic carbocycles. The molecule has 1 saturated heterocycles. The van der Waals surface area contributed by atoms with E-state index in [9.17, 15) is 0 Å². The first-order chi connectivity index (χ1) is 10.3. The van der Waals surface area contributed by atoms with Gasteiger partial charge < -0.3 is 19.3 Å². The summed E-state index contributed by atoms with van der Waals surface area (Å²) in [5.74, 6) is 1.26. The fraction of sp³-hybridized carbons (Fsp3) is 0.867. The van der Waals surface area contributed by atoms with E-state index in [0.717, 1.165) is 51.6 Å². The maximum atomic E-state index is 5.95. The minimum absolute atomic E-state index is 0.300. The van der Waals surface area contributed by atoms with Crippen molar-refractivity contribution in [3.63, 3.8) is 0 Å². The Bertz CT molecular complexity index is 437. The van der Waals surface area contributed by atoms with Gasteiger partial charge in [-0.05, 0) is 58.5 Å². The molecular formula is C15H25N3O3. The van der Waals surface area contributed by atoms with Crippen molar-refractivity contribution >= 4 is 0 Å². The molecule has 1 aromatic heterocycles. The molecule has 2 fully saturated rings. The largest absolute Gasteiger partial charge is 0.368 e. The molecule has 6 nitrogen and oxygen atoms in total. The number of rotatable bonds is 6. The first-order valence-corrected chi connectivity index (χ1v) is 8.12. The van der Waals surface area contributed by atoms with Crippen LogP contribution in [0.25, 0.3) is 0 Å². The number of nitrogens with one attached hydrogen (secondary N) is 1. The summed E-state index contributed by atoms with van der Waals surface area (Å²) < 4.78 is 17.2. The lowest BCUT2D eigenvalue weighted by Gasteiger charge is -2.24. The molecule has 1 aliphatic heterocycles. The van der Waals surface area contributed by atoms with E-state index in [4.69, 9.17) is 14.0 Å². The van der Waals surface area contributed by atoms with Crippen LogP contribution in [0.5, 0.6) is 0 Å². The van der Waals surface area contributed by atoms with Crippen LogP contribution < -0.4 is 5.32 Å². The van der Waals surface area contributed by atoms with Crippen molar-refractivity contribution in [1.82, 2.24) is 15.5 Å². The van der Waals surface area contributed by atoms with Gasteiger partial charge in [0.05, 0.1) is 6.10 Å². The van der Waals surface area contributed by atoms with Gasteiger partial charge in [-0.3, -0.25) is 0 Å². The summed E-state index contributed by atoms with van der Waals surface area (Å²) in [7, 11) is 0. The quantitative estimate of drug-likeness (QED) is 0.867. The van der Waals surface area contributed by atoms with E-state index < -0.39 is 0 Å². The normalized spacial score (nSPS) is 22.7. The van der Waals surface area contributed by atoms with E-state index in [2.05, 4.69) is 15.5 Å². The third kappa shape index (κ3) is 3.44. The molecule has 6 heteroatoms. The highest BCUT2D eigenvalue weighted by Crippen LogP contribution is 2.40. The zero-order chi connectivity index (χ0) is 14.5. The summed E-state index contributed by atoms with van der Waals surface area (Å²) in [6.07, 6.45) is 6.68. The molecule has 21 heavy (non-hydrogen) atoms. The van der Waals surface area contributed by atoms with Gasteiger partial charge >= 0.3 is 0 Å². The summed E-state index contributed by atoms with van der Waals surface area (Å²) in [6, 6.07) is 0. The standard InChI is InChI=1S/C15H25N3O3/c1-2-20-15(7-3-4-8-15)14-17-13(21-18-14)11-19-12-5-9-16-10-6-12/h12,16H,2-11H2,1H3. The van der Waals surface area contributed by atoms with Crippen molar-refractivity contribution in [3.05, 3.63) is 11.7 Å². The molecule has 1 aliphatic carbocycles. The molecule has 3 rings (SSSR count). The second-order valence-electron chi connectivity index (χ2n) is 5.91. The van der Waals surface area contributed by atoms with Gasteiger partial charge in [-0.15, -0.1) is 0 Å². The first-order valence-electron chi connectivity index (χ1n) is 8.12. The number of ether oxygens (including phenoxy) is 2. The highest BCUT2D eigenvalue weighted by Gasteiger charge is 2.40. The highest BCUT2D eigenvalue weighted by atomic mass is 16.5. The van der Waals surface area contributed by atoms with Gasteiger partial charge in [0.2, 0.25) is 5.82 Å². The van der Waals surface area contributed by atoms with Crippen LogP contribution >= 0.6 is 0 Å². The van der Waals surface area contributed by atoms with E-state index in [1.54, 1.807) is 0 Å². The van der Waals surface area contributed by atoms with Gasteiger partial charge in [-0.25, -0.2) is 0 Å². The number of hydrogen-bond acceptors (Lipinski definition) is 6. The molecule has 0 spiro atoms. The number of aromatic nitrogens is 2. The van der Waals surface area contributed by atoms with Crippen molar-refractivity contribution in [2.45, 2.75) is 63.8 Å². The maximum absolute atomic E-state index is 5.95. The molecule has 2 heterocycles. The molecule has 0 atom stereocenters. The number of nitrogens with zero attached hydrogens (tertiary/aromatic N) is 2. The smallest absolute Gasteiger partial charge is 0.252 e. The predicted octanol–water partition coefficient (Wildman–Crippen LogP) is 2.14. The van der Waals surface area contributed by atoms with Crippen molar-refractivity contribution < 1.29 is 14.0 Å². The van der Waals surface area contributed by atoms with Crippen LogP contribution in [0.3, 0.4) is 0 Å². The number of hydrogen-bond donors (Lipinski definition) is 1. The average Bonchev–Trinajstić information content (AvgIpc) is 3.16. The summed E-state index contributed by atoms with van der Waals surface area (Å²) in [5.41, 5.74) is -0.328. The molecule has 1 saturated carbocycles. The van der Waals surface area contributed by atoms with Crippen LogP contribution in [0.2, 0.25) is 0 Å². The molecule has 118 valence electrons. The van der Waals surface area contributed by atoms with E-state index in [1.165, 1.54) is 0 Å². The fourth-order valence-electron chi connectivity index (χ4n) is 3.30. The van der Waals surface area contributed by atoms with Gasteiger partial charge in [0.25, 0.3) is 5.89 Å². The van der Waals surface area contributed by atoms with Crippen LogP contribution in [0.15, 0.2) is 4.52 Å². The van der Waals surface area contributed by atoms with Gasteiger partial charge in [-0.2, -0.15) is 4.98 Å². The van der Waals surface area contributed by atoms with Gasteiger partial charge in [0, 0.05) is 6.61 Å². The van der Waals surface area contributed by atoms with Crippen molar-refractivity contribution in [2.75, 3.05) is 19.7 Å². The van der Waals surface area contributed by atoms with Crippen LogP contribution in [-0.2, 0) is 21.7 Å². The van der Waals surface area contributed by atoms with E-state index in [-0.39, 0.29) is 5.60 Å². The fourth-order valence-corrected chi connectivity index (χ4v) is 3.30. The van der Waals surface area contributed by atoms with Crippen LogP contribution in [0, 0.1) is 0 Å². The minimum Gasteiger partial charge on any atom is -0.368 e. The topological polar surface area (TPSA) is 69.4 Å². The SMILES string of the molecule is CCOC1(c2noc(COC3CCNCC3)n2)CCCC1. The lowest BCUT2D eigenvalue weighted by atomic mass is 10.0. The van der Waals surface area contributed by atoms with E-state index in [1.807, 2.05) is 6.92 Å². The molecule has 0 amide bonds. The Kier molecular flexibility index (Phi) is 4.87. The van der Waals surface area contributed by atoms with E-state index >= 15 is 0 Å². The summed E-state index contributed by atoms with van der Waals surface area (Å²) in [4.78, 5) is 4.52. The van der Waals surface area contributed by atoms with Crippen molar-refractivity contribution in [1.29, 1.82) is 0 Å². The minimum atomic E-state index is -0.328. The Labute approximate surface area is 125 Å². The van der Waals surface area contributed by atoms with Crippen molar-refractivity contribution in [2.24, 2.45) is 0 Å². The molecule has 0 bridgehead atoms. The Morgan fingerprint density at radius 1 is 1.29 bits per heavy atom.